The second-order valence-corrected chi connectivity index (χ2v) is 5.05. The molecule has 0 aliphatic carbocycles. The Morgan fingerprint density at radius 2 is 1.96 bits per heavy atom. The Hall–Kier alpha value is -3.23. The van der Waals surface area contributed by atoms with Crippen LogP contribution in [-0.4, -0.2) is 18.7 Å². The summed E-state index contributed by atoms with van der Waals surface area (Å²) >= 11 is 0. The van der Waals surface area contributed by atoms with Crippen LogP contribution in [0.5, 0.6) is 5.75 Å². The van der Waals surface area contributed by atoms with Crippen LogP contribution in [-0.2, 0) is 4.74 Å². The Morgan fingerprint density at radius 1 is 1.20 bits per heavy atom. The van der Waals surface area contributed by atoms with E-state index in [-0.39, 0.29) is 5.56 Å². The number of alkyl halides is 3. The Bertz CT molecular complexity index is 824. The van der Waals surface area contributed by atoms with E-state index >= 15 is 0 Å². The second-order valence-electron chi connectivity index (χ2n) is 5.05. The summed E-state index contributed by atoms with van der Waals surface area (Å²) in [6.45, 7) is 0. The average Bonchev–Trinajstić information content (AvgIpc) is 3.03. The molecular weight excluding hydrogens is 339 g/mol. The molecule has 1 heterocycles. The van der Waals surface area contributed by atoms with Gasteiger partial charge in [-0.25, -0.2) is 5.01 Å². The Balaban J connectivity index is 1.94. The molecule has 0 radical (unpaired) electrons. The molecule has 0 saturated heterocycles. The Labute approximate surface area is 140 Å². The standard InChI is InChI=1S/C16H12F3N3O3/c17-16(18,19)25-11-5-3-4-10(8-11)22-15(24-9-21-22)13-7-2-1-6-12(13)14(20)23/h1-9,15H,(H2,20,23). The van der Waals surface area contributed by atoms with Crippen LogP contribution in [0.2, 0.25) is 0 Å². The van der Waals surface area contributed by atoms with E-state index < -0.39 is 24.2 Å². The molecule has 1 aliphatic heterocycles. The lowest BCUT2D eigenvalue weighted by Gasteiger charge is -2.24. The number of benzene rings is 2. The summed E-state index contributed by atoms with van der Waals surface area (Å²) in [6.07, 6.45) is -4.51. The molecule has 3 rings (SSSR count). The van der Waals surface area contributed by atoms with Gasteiger partial charge in [0.05, 0.1) is 5.69 Å². The summed E-state index contributed by atoms with van der Waals surface area (Å²) in [7, 11) is 0. The number of carbonyl (C=O) groups is 1. The maximum atomic E-state index is 12.4. The SMILES string of the molecule is NC(=O)c1ccccc1C1OC=NN1c1cccc(OC(F)(F)F)c1. The van der Waals surface area contributed by atoms with Gasteiger partial charge in [-0.1, -0.05) is 24.3 Å². The predicted molar refractivity (Wildman–Crippen MR) is 82.9 cm³/mol. The van der Waals surface area contributed by atoms with Crippen LogP contribution >= 0.6 is 0 Å². The average molecular weight is 351 g/mol. The number of rotatable bonds is 4. The third-order valence-corrected chi connectivity index (χ3v) is 3.39. The lowest BCUT2D eigenvalue weighted by molar-refractivity contribution is -0.274. The van der Waals surface area contributed by atoms with Gasteiger partial charge in [-0.2, -0.15) is 0 Å². The summed E-state index contributed by atoms with van der Waals surface area (Å²) < 4.78 is 46.5. The number of nitrogens with two attached hydrogens (primary N) is 1. The van der Waals surface area contributed by atoms with E-state index in [0.29, 0.717) is 11.3 Å². The van der Waals surface area contributed by atoms with Crippen molar-refractivity contribution in [2.75, 3.05) is 5.01 Å². The molecule has 1 amide bonds. The van der Waals surface area contributed by atoms with E-state index in [9.17, 15) is 18.0 Å². The van der Waals surface area contributed by atoms with Gasteiger partial charge in [-0.3, -0.25) is 4.79 Å². The molecule has 1 unspecified atom stereocenters. The molecule has 2 N–H and O–H groups in total. The zero-order valence-electron chi connectivity index (χ0n) is 12.6. The highest BCUT2D eigenvalue weighted by Crippen LogP contribution is 2.35. The molecule has 0 fully saturated rings. The fraction of sp³-hybridized carbons (Fsp3) is 0.125. The van der Waals surface area contributed by atoms with Crippen LogP contribution in [0.25, 0.3) is 0 Å². The van der Waals surface area contributed by atoms with Crippen molar-refractivity contribution in [3.63, 3.8) is 0 Å². The molecular formula is C16H12F3N3O3. The molecule has 25 heavy (non-hydrogen) atoms. The van der Waals surface area contributed by atoms with Crippen molar-refractivity contribution >= 4 is 18.0 Å². The fourth-order valence-corrected chi connectivity index (χ4v) is 2.42. The molecule has 1 atom stereocenters. The van der Waals surface area contributed by atoms with Crippen molar-refractivity contribution in [1.82, 2.24) is 0 Å². The van der Waals surface area contributed by atoms with Crippen LogP contribution in [0.3, 0.4) is 0 Å². The maximum absolute atomic E-state index is 12.4. The van der Waals surface area contributed by atoms with Gasteiger partial charge in [-0.05, 0) is 18.2 Å². The number of nitrogens with zero attached hydrogens (tertiary/aromatic N) is 2. The van der Waals surface area contributed by atoms with Gasteiger partial charge < -0.3 is 15.2 Å². The van der Waals surface area contributed by atoms with Gasteiger partial charge in [0, 0.05) is 17.2 Å². The van der Waals surface area contributed by atoms with Crippen molar-refractivity contribution in [2.45, 2.75) is 12.6 Å². The van der Waals surface area contributed by atoms with Gasteiger partial charge in [0.1, 0.15) is 5.75 Å². The fourth-order valence-electron chi connectivity index (χ4n) is 2.42. The summed E-state index contributed by atoms with van der Waals surface area (Å²) in [5.41, 5.74) is 6.32. The van der Waals surface area contributed by atoms with Crippen LogP contribution in [0.15, 0.2) is 53.6 Å². The van der Waals surface area contributed by atoms with Gasteiger partial charge in [0.2, 0.25) is 12.1 Å². The predicted octanol–water partition coefficient (Wildman–Crippen LogP) is 3.16. The number of ether oxygens (including phenoxy) is 2. The van der Waals surface area contributed by atoms with E-state index in [1.807, 2.05) is 0 Å². The molecule has 0 bridgehead atoms. The van der Waals surface area contributed by atoms with E-state index in [4.69, 9.17) is 10.5 Å². The smallest absolute Gasteiger partial charge is 0.452 e. The normalized spacial score (nSPS) is 16.6. The van der Waals surface area contributed by atoms with Crippen LogP contribution < -0.4 is 15.5 Å². The van der Waals surface area contributed by atoms with Crippen molar-refractivity contribution in [3.8, 4) is 5.75 Å². The minimum Gasteiger partial charge on any atom is -0.452 e. The van der Waals surface area contributed by atoms with Crippen molar-refractivity contribution in [2.24, 2.45) is 10.8 Å². The van der Waals surface area contributed by atoms with E-state index in [1.165, 1.54) is 35.3 Å². The lowest BCUT2D eigenvalue weighted by atomic mass is 10.1. The van der Waals surface area contributed by atoms with Gasteiger partial charge in [0.25, 0.3) is 0 Å². The van der Waals surface area contributed by atoms with Crippen LogP contribution in [0.1, 0.15) is 22.1 Å². The topological polar surface area (TPSA) is 77.2 Å². The summed E-state index contributed by atoms with van der Waals surface area (Å²) in [5.74, 6) is -1.05. The number of hydrogen-bond donors (Lipinski definition) is 1. The largest absolute Gasteiger partial charge is 0.573 e. The Kier molecular flexibility index (Phi) is 4.22. The van der Waals surface area contributed by atoms with E-state index in [0.717, 1.165) is 6.40 Å². The first-order valence-electron chi connectivity index (χ1n) is 7.07. The highest BCUT2D eigenvalue weighted by Gasteiger charge is 2.32. The molecule has 0 spiro atoms. The molecule has 9 heteroatoms. The monoisotopic (exact) mass is 351 g/mol. The molecule has 0 saturated carbocycles. The van der Waals surface area contributed by atoms with E-state index in [2.05, 4.69) is 9.84 Å². The minimum atomic E-state index is -4.80. The Morgan fingerprint density at radius 3 is 2.68 bits per heavy atom. The maximum Gasteiger partial charge on any atom is 0.573 e. The van der Waals surface area contributed by atoms with E-state index in [1.54, 1.807) is 18.2 Å². The third-order valence-electron chi connectivity index (χ3n) is 3.39. The number of primary amides is 1. The van der Waals surface area contributed by atoms with Crippen molar-refractivity contribution < 1.29 is 27.4 Å². The van der Waals surface area contributed by atoms with Gasteiger partial charge in [-0.15, -0.1) is 18.3 Å². The molecule has 130 valence electrons. The first kappa shape index (κ1) is 16.6. The quantitative estimate of drug-likeness (QED) is 0.918. The second kappa shape index (κ2) is 6.34. The van der Waals surface area contributed by atoms with Crippen LogP contribution in [0, 0.1) is 0 Å². The number of anilines is 1. The number of hydrazone groups is 1. The molecule has 2 aromatic carbocycles. The zero-order valence-corrected chi connectivity index (χ0v) is 12.6. The number of amides is 1. The number of halogens is 3. The zero-order chi connectivity index (χ0) is 18.0. The highest BCUT2D eigenvalue weighted by atomic mass is 19.4. The summed E-state index contributed by atoms with van der Waals surface area (Å²) in [4.78, 5) is 11.6. The van der Waals surface area contributed by atoms with Gasteiger partial charge >= 0.3 is 6.36 Å². The highest BCUT2D eigenvalue weighted by molar-refractivity contribution is 5.94. The lowest BCUT2D eigenvalue weighted by Crippen LogP contribution is -2.24. The van der Waals surface area contributed by atoms with Gasteiger partial charge in [0.15, 0.2) is 6.40 Å². The molecule has 2 aromatic rings. The molecule has 0 aromatic heterocycles. The molecule has 6 nitrogen and oxygen atoms in total. The van der Waals surface area contributed by atoms with Crippen molar-refractivity contribution in [1.29, 1.82) is 0 Å². The molecule has 1 aliphatic rings. The minimum absolute atomic E-state index is 0.227. The van der Waals surface area contributed by atoms with Crippen molar-refractivity contribution in [3.05, 3.63) is 59.7 Å². The number of hydrogen-bond acceptors (Lipinski definition) is 5. The number of carbonyl (C=O) groups excluding carboxylic acids is 1. The third kappa shape index (κ3) is 3.65. The summed E-state index contributed by atoms with van der Waals surface area (Å²) in [5, 5.41) is 5.32. The first-order chi connectivity index (χ1) is 11.8. The first-order valence-corrected chi connectivity index (χ1v) is 7.07. The summed E-state index contributed by atoms with van der Waals surface area (Å²) in [6, 6.07) is 11.7. The van der Waals surface area contributed by atoms with Crippen LogP contribution in [0.4, 0.5) is 18.9 Å².